The molecule has 2 heterocycles. The number of rotatable bonds is 6. The Morgan fingerprint density at radius 1 is 0.897 bits per heavy atom. The van der Waals surface area contributed by atoms with Crippen LogP contribution in [0.4, 0.5) is 11.4 Å². The molecule has 0 aliphatic carbocycles. The van der Waals surface area contributed by atoms with E-state index in [1.807, 2.05) is 83.8 Å². The number of hydrogen-bond acceptors (Lipinski definition) is 6. The number of aliphatic imine (C=N–C) groups is 1. The molecular formula is C30H27BrN4O3S. The van der Waals surface area contributed by atoms with E-state index >= 15 is 0 Å². The summed E-state index contributed by atoms with van der Waals surface area (Å²) in [5.41, 5.74) is 3.63. The lowest BCUT2D eigenvalue weighted by atomic mass is 10.1. The lowest BCUT2D eigenvalue weighted by Gasteiger charge is -2.36. The number of halogens is 1. The first-order valence-electron chi connectivity index (χ1n) is 12.6. The molecule has 3 aromatic carbocycles. The first kappa shape index (κ1) is 26.9. The second-order valence-corrected chi connectivity index (χ2v) is 11.0. The molecule has 7 nitrogen and oxygen atoms in total. The van der Waals surface area contributed by atoms with Crippen molar-refractivity contribution < 1.29 is 14.4 Å². The van der Waals surface area contributed by atoms with Crippen LogP contribution in [0.3, 0.4) is 0 Å². The van der Waals surface area contributed by atoms with Crippen molar-refractivity contribution in [3.63, 3.8) is 0 Å². The molecule has 2 amide bonds. The summed E-state index contributed by atoms with van der Waals surface area (Å²) in [6.07, 6.45) is 1.76. The monoisotopic (exact) mass is 602 g/mol. The number of nitrogens with zero attached hydrogens (tertiary/aromatic N) is 4. The fourth-order valence-electron chi connectivity index (χ4n) is 4.48. The van der Waals surface area contributed by atoms with Crippen LogP contribution in [0.2, 0.25) is 0 Å². The van der Waals surface area contributed by atoms with Crippen LogP contribution in [0.15, 0.2) is 94.0 Å². The van der Waals surface area contributed by atoms with Gasteiger partial charge in [-0.05, 0) is 61.0 Å². The van der Waals surface area contributed by atoms with Crippen LogP contribution in [0.25, 0.3) is 6.08 Å². The maximum atomic E-state index is 13.4. The highest BCUT2D eigenvalue weighted by Gasteiger charge is 2.33. The zero-order valence-corrected chi connectivity index (χ0v) is 23.8. The van der Waals surface area contributed by atoms with Crippen LogP contribution in [-0.2, 0) is 9.59 Å². The molecule has 2 aliphatic rings. The molecule has 0 radical (unpaired) electrons. The van der Waals surface area contributed by atoms with E-state index < -0.39 is 0 Å². The van der Waals surface area contributed by atoms with Gasteiger partial charge in [-0.3, -0.25) is 19.3 Å². The molecular weight excluding hydrogens is 576 g/mol. The number of Topliss-reactive ketones (excluding diaryl/α,β-unsaturated/α-hetero) is 1. The van der Waals surface area contributed by atoms with Crippen molar-refractivity contribution >= 4 is 67.9 Å². The average Bonchev–Trinajstić information content (AvgIpc) is 3.28. The number of anilines is 2. The van der Waals surface area contributed by atoms with Crippen LogP contribution in [-0.4, -0.2) is 59.6 Å². The number of amides is 2. The van der Waals surface area contributed by atoms with E-state index in [1.54, 1.807) is 17.9 Å². The topological polar surface area (TPSA) is 73.3 Å². The van der Waals surface area contributed by atoms with Crippen LogP contribution in [0.5, 0.6) is 0 Å². The van der Waals surface area contributed by atoms with Crippen LogP contribution >= 0.6 is 27.7 Å². The molecule has 1 saturated heterocycles. The number of hydrogen-bond donors (Lipinski definition) is 0. The number of benzene rings is 3. The lowest BCUT2D eigenvalue weighted by molar-refractivity contribution is -0.128. The molecule has 0 unspecified atom stereocenters. The average molecular weight is 604 g/mol. The van der Waals surface area contributed by atoms with Gasteiger partial charge in [0.2, 0.25) is 5.91 Å². The van der Waals surface area contributed by atoms with Crippen LogP contribution < -0.4 is 9.80 Å². The molecule has 5 rings (SSSR count). The maximum Gasteiger partial charge on any atom is 0.283 e. The Hall–Kier alpha value is -3.69. The van der Waals surface area contributed by atoms with Gasteiger partial charge in [0.15, 0.2) is 11.0 Å². The number of carbonyl (C=O) groups is 3. The summed E-state index contributed by atoms with van der Waals surface area (Å²) in [5, 5.41) is 0.488. The Labute approximate surface area is 240 Å². The van der Waals surface area contributed by atoms with Crippen molar-refractivity contribution in [2.24, 2.45) is 4.99 Å². The molecule has 0 bridgehead atoms. The van der Waals surface area contributed by atoms with Crippen molar-refractivity contribution in [3.8, 4) is 0 Å². The highest BCUT2D eigenvalue weighted by molar-refractivity contribution is 9.10. The Kier molecular flexibility index (Phi) is 8.28. The number of carbonyl (C=O) groups excluding carboxylic acids is 3. The molecule has 39 heavy (non-hydrogen) atoms. The first-order valence-corrected chi connectivity index (χ1v) is 14.4. The molecule has 0 spiro atoms. The smallest absolute Gasteiger partial charge is 0.283 e. The molecule has 0 saturated carbocycles. The van der Waals surface area contributed by atoms with Crippen molar-refractivity contribution in [3.05, 3.63) is 100 Å². The molecule has 0 atom stereocenters. The predicted molar refractivity (Wildman–Crippen MR) is 161 cm³/mol. The summed E-state index contributed by atoms with van der Waals surface area (Å²) in [6, 6.07) is 24.6. The van der Waals surface area contributed by atoms with Crippen molar-refractivity contribution in [1.82, 2.24) is 4.90 Å². The largest absolute Gasteiger partial charge is 0.368 e. The number of thioether (sulfide) groups is 1. The third-order valence-corrected chi connectivity index (χ3v) is 8.28. The van der Waals surface area contributed by atoms with E-state index in [2.05, 4.69) is 25.8 Å². The van der Waals surface area contributed by atoms with Gasteiger partial charge in [-0.25, -0.2) is 4.99 Å². The third kappa shape index (κ3) is 6.15. The normalized spacial score (nSPS) is 16.6. The van der Waals surface area contributed by atoms with E-state index in [9.17, 15) is 14.4 Å². The number of ketones is 1. The molecule has 0 aromatic heterocycles. The van der Waals surface area contributed by atoms with Crippen LogP contribution in [0.1, 0.15) is 22.8 Å². The summed E-state index contributed by atoms with van der Waals surface area (Å²) in [4.78, 5) is 48.4. The zero-order chi connectivity index (χ0) is 27.4. The van der Waals surface area contributed by atoms with Crippen molar-refractivity contribution in [2.45, 2.75) is 6.92 Å². The van der Waals surface area contributed by atoms with E-state index in [4.69, 9.17) is 0 Å². The third-order valence-electron chi connectivity index (χ3n) is 6.64. The van der Waals surface area contributed by atoms with Gasteiger partial charge in [0.1, 0.15) is 5.70 Å². The summed E-state index contributed by atoms with van der Waals surface area (Å²) < 4.78 is 0.872. The molecule has 1 fully saturated rings. The standard InChI is InChI=1S/C30H27BrN4O3S/c1-21(36)22-11-13-24(14-12-22)33-15-17-34(18-16-33)28(37)20-39-30-32-27(19-23-7-5-6-10-26(23)31)29(38)35(30)25-8-3-2-4-9-25/h2-14,19H,15-18,20H2,1H3. The fourth-order valence-corrected chi connectivity index (χ4v) is 5.79. The number of piperazine rings is 1. The second-order valence-electron chi connectivity index (χ2n) is 9.18. The molecule has 198 valence electrons. The molecule has 2 aliphatic heterocycles. The van der Waals surface area contributed by atoms with E-state index in [1.165, 1.54) is 11.8 Å². The van der Waals surface area contributed by atoms with Crippen molar-refractivity contribution in [2.75, 3.05) is 41.7 Å². The Morgan fingerprint density at radius 2 is 1.56 bits per heavy atom. The molecule has 3 aromatic rings. The van der Waals surface area contributed by atoms with Gasteiger partial charge in [-0.15, -0.1) is 0 Å². The molecule has 0 N–H and O–H groups in total. The summed E-state index contributed by atoms with van der Waals surface area (Å²) in [6.45, 7) is 4.20. The minimum atomic E-state index is -0.226. The lowest BCUT2D eigenvalue weighted by Crippen LogP contribution is -2.49. The first-order chi connectivity index (χ1) is 18.9. The van der Waals surface area contributed by atoms with Gasteiger partial charge in [0.25, 0.3) is 5.91 Å². The van der Waals surface area contributed by atoms with E-state index in [0.717, 1.165) is 15.7 Å². The van der Waals surface area contributed by atoms with Crippen LogP contribution in [0, 0.1) is 0 Å². The van der Waals surface area contributed by atoms with Gasteiger partial charge in [-0.2, -0.15) is 0 Å². The highest BCUT2D eigenvalue weighted by atomic mass is 79.9. The van der Waals surface area contributed by atoms with E-state index in [0.29, 0.717) is 48.3 Å². The van der Waals surface area contributed by atoms with Gasteiger partial charge in [0.05, 0.1) is 11.4 Å². The fraction of sp³-hybridized carbons (Fsp3) is 0.200. The number of amidine groups is 1. The van der Waals surface area contributed by atoms with Crippen molar-refractivity contribution in [1.29, 1.82) is 0 Å². The minimum absolute atomic E-state index is 0.0120. The Morgan fingerprint density at radius 3 is 2.23 bits per heavy atom. The van der Waals surface area contributed by atoms with Gasteiger partial charge in [0, 0.05) is 41.9 Å². The quantitative estimate of drug-likeness (QED) is 0.276. The summed E-state index contributed by atoms with van der Waals surface area (Å²) in [5.74, 6) is 0.0177. The zero-order valence-electron chi connectivity index (χ0n) is 21.4. The minimum Gasteiger partial charge on any atom is -0.368 e. The molecule has 9 heteroatoms. The van der Waals surface area contributed by atoms with E-state index in [-0.39, 0.29) is 23.4 Å². The number of para-hydroxylation sites is 1. The highest BCUT2D eigenvalue weighted by Crippen LogP contribution is 2.30. The Bertz CT molecular complexity index is 1450. The summed E-state index contributed by atoms with van der Waals surface area (Å²) >= 11 is 4.81. The summed E-state index contributed by atoms with van der Waals surface area (Å²) in [7, 11) is 0. The maximum absolute atomic E-state index is 13.4. The SMILES string of the molecule is CC(=O)c1ccc(N2CCN(C(=O)CSC3=NC(=Cc4ccccc4Br)C(=O)N3c3ccccc3)CC2)cc1. The predicted octanol–water partition coefficient (Wildman–Crippen LogP) is 5.48. The van der Waals surface area contributed by atoms with Gasteiger partial charge in [-0.1, -0.05) is 64.1 Å². The van der Waals surface area contributed by atoms with Gasteiger partial charge >= 0.3 is 0 Å². The Balaban J connectivity index is 1.25. The second kappa shape index (κ2) is 12.0. The van der Waals surface area contributed by atoms with Gasteiger partial charge < -0.3 is 9.80 Å².